The van der Waals surface area contributed by atoms with Crippen molar-refractivity contribution in [1.82, 2.24) is 15.0 Å². The van der Waals surface area contributed by atoms with Crippen LogP contribution in [0.25, 0.3) is 0 Å². The molecule has 0 radical (unpaired) electrons. The summed E-state index contributed by atoms with van der Waals surface area (Å²) < 4.78 is 46.0. The molecule has 1 saturated carbocycles. The van der Waals surface area contributed by atoms with Crippen LogP contribution in [0.15, 0.2) is 47.8 Å². The molecule has 34 heavy (non-hydrogen) atoms. The van der Waals surface area contributed by atoms with E-state index in [0.29, 0.717) is 30.8 Å². The van der Waals surface area contributed by atoms with Gasteiger partial charge in [-0.1, -0.05) is 19.1 Å². The Bertz CT molecular complexity index is 1090. The van der Waals surface area contributed by atoms with Crippen LogP contribution in [0, 0.1) is 5.41 Å². The van der Waals surface area contributed by atoms with E-state index in [1.165, 1.54) is 13.3 Å². The summed E-state index contributed by atoms with van der Waals surface area (Å²) in [6, 6.07) is 3.27. The molecular weight excluding hydrogens is 447 g/mol. The summed E-state index contributed by atoms with van der Waals surface area (Å²) in [6.07, 6.45) is 3.72. The van der Waals surface area contributed by atoms with Gasteiger partial charge in [0.1, 0.15) is 0 Å². The van der Waals surface area contributed by atoms with Crippen molar-refractivity contribution in [3.63, 3.8) is 0 Å². The second kappa shape index (κ2) is 10.2. The standard InChI is InChI=1S/C24H28F3N5O2/c1-4-6-17(23(11-12-23)21(28)33)15(5-2)7-9-19-18(24(25,26)27)14-30-22(32-19)31-16-8-10-20(34-3)29-13-16/h5-6,8,10,13-14H,4,7,9,11-12H2,1-3H3,(H2,28,33)(H,30,31,32)/b15-5-,17-6+. The number of nitrogens with two attached hydrogens (primary N) is 1. The number of nitrogens with zero attached hydrogens (tertiary/aromatic N) is 3. The number of carbonyl (C=O) groups is 1. The van der Waals surface area contributed by atoms with E-state index in [1.807, 2.05) is 26.0 Å². The monoisotopic (exact) mass is 475 g/mol. The topological polar surface area (TPSA) is 103 Å². The van der Waals surface area contributed by atoms with Crippen molar-refractivity contribution < 1.29 is 22.7 Å². The smallest absolute Gasteiger partial charge is 0.419 e. The second-order valence-corrected chi connectivity index (χ2v) is 8.05. The third-order valence-corrected chi connectivity index (χ3v) is 5.85. The maximum atomic E-state index is 13.7. The number of nitrogens with one attached hydrogen (secondary N) is 1. The van der Waals surface area contributed by atoms with E-state index < -0.39 is 23.1 Å². The molecule has 3 rings (SSSR count). The molecule has 1 amide bonds. The number of pyridine rings is 1. The number of alkyl halides is 3. The quantitative estimate of drug-likeness (QED) is 0.462. The average molecular weight is 476 g/mol. The highest BCUT2D eigenvalue weighted by atomic mass is 19.4. The number of methoxy groups -OCH3 is 1. The maximum absolute atomic E-state index is 13.7. The predicted octanol–water partition coefficient (Wildman–Crippen LogP) is 5.12. The number of anilines is 2. The van der Waals surface area contributed by atoms with Crippen LogP contribution in [0.5, 0.6) is 5.88 Å². The highest BCUT2D eigenvalue weighted by molar-refractivity contribution is 5.88. The van der Waals surface area contributed by atoms with E-state index in [1.54, 1.807) is 12.1 Å². The summed E-state index contributed by atoms with van der Waals surface area (Å²) in [4.78, 5) is 24.2. The lowest BCUT2D eigenvalue weighted by Gasteiger charge is -2.20. The zero-order valence-corrected chi connectivity index (χ0v) is 19.4. The number of primary amides is 1. The third kappa shape index (κ3) is 5.55. The van der Waals surface area contributed by atoms with Crippen molar-refractivity contribution in [2.45, 2.75) is 52.1 Å². The van der Waals surface area contributed by atoms with Crippen molar-refractivity contribution in [3.05, 3.63) is 59.1 Å². The summed E-state index contributed by atoms with van der Waals surface area (Å²) in [5.74, 6) is 0.0278. The van der Waals surface area contributed by atoms with Crippen LogP contribution in [0.2, 0.25) is 0 Å². The van der Waals surface area contributed by atoms with Gasteiger partial charge in [-0.3, -0.25) is 4.79 Å². The first kappa shape index (κ1) is 25.2. The molecule has 1 fully saturated rings. The Kier molecular flexibility index (Phi) is 7.58. The second-order valence-electron chi connectivity index (χ2n) is 8.05. The summed E-state index contributed by atoms with van der Waals surface area (Å²) in [5, 5.41) is 2.87. The van der Waals surface area contributed by atoms with Gasteiger partial charge in [0, 0.05) is 12.3 Å². The molecule has 182 valence electrons. The SMILES string of the molecule is C/C=C(CCc1nc(Nc2ccc(OC)nc2)ncc1C(F)(F)F)\C(=C/CC)C1(C(N)=O)CC1. The van der Waals surface area contributed by atoms with Gasteiger partial charge < -0.3 is 15.8 Å². The molecule has 7 nitrogen and oxygen atoms in total. The number of aromatic nitrogens is 3. The fourth-order valence-electron chi connectivity index (χ4n) is 3.91. The van der Waals surface area contributed by atoms with Gasteiger partial charge in [0.2, 0.25) is 17.7 Å². The van der Waals surface area contributed by atoms with Gasteiger partial charge in [-0.2, -0.15) is 13.2 Å². The number of aryl methyl sites for hydroxylation is 1. The molecule has 1 aliphatic carbocycles. The van der Waals surface area contributed by atoms with Crippen LogP contribution < -0.4 is 15.8 Å². The number of hydrogen-bond donors (Lipinski definition) is 2. The number of carbonyl (C=O) groups excluding carboxylic acids is 1. The summed E-state index contributed by atoms with van der Waals surface area (Å²) >= 11 is 0. The minimum Gasteiger partial charge on any atom is -0.481 e. The molecule has 0 bridgehead atoms. The van der Waals surface area contributed by atoms with Crippen LogP contribution in [-0.4, -0.2) is 28.0 Å². The number of hydrogen-bond acceptors (Lipinski definition) is 6. The van der Waals surface area contributed by atoms with Gasteiger partial charge in [-0.25, -0.2) is 15.0 Å². The highest BCUT2D eigenvalue weighted by Crippen LogP contribution is 2.54. The van der Waals surface area contributed by atoms with E-state index in [0.717, 1.165) is 17.3 Å². The van der Waals surface area contributed by atoms with Crippen molar-refractivity contribution in [1.29, 1.82) is 0 Å². The predicted molar refractivity (Wildman–Crippen MR) is 122 cm³/mol. The summed E-state index contributed by atoms with van der Waals surface area (Å²) in [6.45, 7) is 3.76. The molecule has 10 heteroatoms. The number of amides is 1. The minimum atomic E-state index is -4.60. The van der Waals surface area contributed by atoms with Crippen molar-refractivity contribution in [2.75, 3.05) is 12.4 Å². The lowest BCUT2D eigenvalue weighted by molar-refractivity contribution is -0.138. The lowest BCUT2D eigenvalue weighted by Crippen LogP contribution is -2.27. The number of halogens is 3. The Morgan fingerprint density at radius 2 is 2.00 bits per heavy atom. The Morgan fingerprint density at radius 3 is 2.50 bits per heavy atom. The fraction of sp³-hybridized carbons (Fsp3) is 0.417. The van der Waals surface area contributed by atoms with E-state index in [-0.39, 0.29) is 24.5 Å². The normalized spacial score (nSPS) is 15.7. The zero-order chi connectivity index (χ0) is 24.9. The average Bonchev–Trinajstić information content (AvgIpc) is 3.61. The van der Waals surface area contributed by atoms with Crippen molar-refractivity contribution in [2.24, 2.45) is 11.1 Å². The van der Waals surface area contributed by atoms with Crippen LogP contribution in [0.4, 0.5) is 24.8 Å². The molecule has 0 saturated heterocycles. The fourth-order valence-corrected chi connectivity index (χ4v) is 3.91. The van der Waals surface area contributed by atoms with E-state index in [4.69, 9.17) is 10.5 Å². The first-order chi connectivity index (χ1) is 16.1. The number of allylic oxidation sites excluding steroid dienone is 3. The Hall–Kier alpha value is -3.43. The van der Waals surface area contributed by atoms with Crippen LogP contribution in [-0.2, 0) is 17.4 Å². The molecule has 0 unspecified atom stereocenters. The van der Waals surface area contributed by atoms with Gasteiger partial charge in [0.15, 0.2) is 0 Å². The largest absolute Gasteiger partial charge is 0.481 e. The molecule has 0 spiro atoms. The highest BCUT2D eigenvalue weighted by Gasteiger charge is 2.52. The number of rotatable bonds is 10. The van der Waals surface area contributed by atoms with E-state index in [9.17, 15) is 18.0 Å². The molecule has 2 heterocycles. The van der Waals surface area contributed by atoms with Crippen molar-refractivity contribution >= 4 is 17.5 Å². The Morgan fingerprint density at radius 1 is 1.26 bits per heavy atom. The van der Waals surface area contributed by atoms with Crippen molar-refractivity contribution in [3.8, 4) is 5.88 Å². The number of ether oxygens (including phenoxy) is 1. The molecule has 0 aromatic carbocycles. The van der Waals surface area contributed by atoms with Gasteiger partial charge in [-0.05, 0) is 56.2 Å². The molecule has 0 aliphatic heterocycles. The molecule has 1 aliphatic rings. The van der Waals surface area contributed by atoms with Crippen LogP contribution >= 0.6 is 0 Å². The van der Waals surface area contributed by atoms with E-state index >= 15 is 0 Å². The Labute approximate surface area is 196 Å². The minimum absolute atomic E-state index is 0.0163. The summed E-state index contributed by atoms with van der Waals surface area (Å²) in [7, 11) is 1.48. The maximum Gasteiger partial charge on any atom is 0.419 e. The van der Waals surface area contributed by atoms with Crippen LogP contribution in [0.1, 0.15) is 50.8 Å². The molecule has 2 aromatic rings. The molecule has 3 N–H and O–H groups in total. The zero-order valence-electron chi connectivity index (χ0n) is 19.4. The van der Waals surface area contributed by atoms with Gasteiger partial charge in [-0.15, -0.1) is 0 Å². The molecule has 2 aromatic heterocycles. The first-order valence-electron chi connectivity index (χ1n) is 11.0. The van der Waals surface area contributed by atoms with Gasteiger partial charge >= 0.3 is 6.18 Å². The summed E-state index contributed by atoms with van der Waals surface area (Å²) in [5.41, 5.74) is 6.04. The first-order valence-corrected chi connectivity index (χ1v) is 11.0. The van der Waals surface area contributed by atoms with E-state index in [2.05, 4.69) is 20.3 Å². The van der Waals surface area contributed by atoms with Gasteiger partial charge in [0.25, 0.3) is 0 Å². The Balaban J connectivity index is 1.86. The lowest BCUT2D eigenvalue weighted by atomic mass is 9.85. The van der Waals surface area contributed by atoms with Gasteiger partial charge in [0.05, 0.1) is 35.7 Å². The third-order valence-electron chi connectivity index (χ3n) is 5.85. The molecular formula is C24H28F3N5O2. The molecule has 0 atom stereocenters. The van der Waals surface area contributed by atoms with Crippen LogP contribution in [0.3, 0.4) is 0 Å².